The van der Waals surface area contributed by atoms with Crippen LogP contribution in [0.4, 0.5) is 10.5 Å². The van der Waals surface area contributed by atoms with E-state index < -0.39 is 12.1 Å². The van der Waals surface area contributed by atoms with Crippen molar-refractivity contribution in [2.75, 3.05) is 12.4 Å². The Balaban J connectivity index is 1.72. The van der Waals surface area contributed by atoms with Gasteiger partial charge in [-0.05, 0) is 19.1 Å². The minimum Gasteiger partial charge on any atom is -0.495 e. The van der Waals surface area contributed by atoms with Gasteiger partial charge in [0.05, 0.1) is 28.9 Å². The number of amides is 2. The molecule has 0 aliphatic rings. The van der Waals surface area contributed by atoms with Gasteiger partial charge in [0, 0.05) is 18.5 Å². The summed E-state index contributed by atoms with van der Waals surface area (Å²) in [6, 6.07) is 3.75. The lowest BCUT2D eigenvalue weighted by atomic mass is 10.3. The molecule has 2 heterocycles. The summed E-state index contributed by atoms with van der Waals surface area (Å²) in [5.74, 6) is 1.23. The second kappa shape index (κ2) is 8.19. The average molecular weight is 408 g/mol. The van der Waals surface area contributed by atoms with Crippen LogP contribution in [0.1, 0.15) is 18.8 Å². The number of nitrogens with one attached hydrogen (secondary N) is 2. The number of nitrogens with zero attached hydrogens (tertiary/aromatic N) is 5. The number of halogens is 2. The Morgan fingerprint density at radius 2 is 1.93 bits per heavy atom. The van der Waals surface area contributed by atoms with Gasteiger partial charge < -0.3 is 15.4 Å². The first-order valence-electron chi connectivity index (χ1n) is 7.77. The number of anilines is 1. The van der Waals surface area contributed by atoms with Gasteiger partial charge in [0.25, 0.3) is 5.95 Å². The van der Waals surface area contributed by atoms with Crippen molar-refractivity contribution >= 4 is 34.9 Å². The molecular weight excluding hydrogens is 393 g/mol. The summed E-state index contributed by atoms with van der Waals surface area (Å²) in [4.78, 5) is 24.8. The molecule has 3 rings (SSSR count). The number of benzene rings is 1. The first-order valence-corrected chi connectivity index (χ1v) is 8.53. The monoisotopic (exact) mass is 407 g/mol. The number of aromatic nitrogens is 5. The smallest absolute Gasteiger partial charge is 0.319 e. The maximum absolute atomic E-state index is 12.3. The lowest BCUT2D eigenvalue weighted by Crippen LogP contribution is -2.32. The zero-order valence-electron chi connectivity index (χ0n) is 14.3. The van der Waals surface area contributed by atoms with Crippen molar-refractivity contribution < 1.29 is 9.53 Å². The lowest BCUT2D eigenvalue weighted by Gasteiger charge is -2.15. The molecule has 140 valence electrons. The van der Waals surface area contributed by atoms with Crippen LogP contribution in [0.5, 0.6) is 5.75 Å². The van der Waals surface area contributed by atoms with Gasteiger partial charge in [0.2, 0.25) is 0 Å². The quantitative estimate of drug-likeness (QED) is 0.671. The number of urea groups is 1. The van der Waals surface area contributed by atoms with Crippen LogP contribution in [0.2, 0.25) is 10.0 Å². The molecule has 0 fully saturated rings. The molecule has 3 aromatic rings. The molecule has 0 aliphatic carbocycles. The summed E-state index contributed by atoms with van der Waals surface area (Å²) in [7, 11) is 1.48. The van der Waals surface area contributed by atoms with E-state index in [2.05, 4.69) is 30.7 Å². The highest BCUT2D eigenvalue weighted by Gasteiger charge is 2.19. The largest absolute Gasteiger partial charge is 0.495 e. The molecule has 0 bridgehead atoms. The summed E-state index contributed by atoms with van der Waals surface area (Å²) >= 11 is 12.2. The number of carbonyl (C=O) groups is 1. The molecule has 1 aromatic carbocycles. The summed E-state index contributed by atoms with van der Waals surface area (Å²) < 4.78 is 6.53. The minimum absolute atomic E-state index is 0.292. The van der Waals surface area contributed by atoms with Crippen molar-refractivity contribution in [2.45, 2.75) is 13.0 Å². The van der Waals surface area contributed by atoms with Crippen LogP contribution < -0.4 is 15.4 Å². The second-order valence-electron chi connectivity index (χ2n) is 5.37. The third-order valence-electron chi connectivity index (χ3n) is 3.54. The number of hydrogen-bond donors (Lipinski definition) is 2. The van der Waals surface area contributed by atoms with Crippen molar-refractivity contribution in [2.24, 2.45) is 0 Å². The van der Waals surface area contributed by atoms with Crippen molar-refractivity contribution in [1.82, 2.24) is 30.0 Å². The van der Waals surface area contributed by atoms with E-state index in [-0.39, 0.29) is 0 Å². The standard InChI is InChI=1S/C16H15Cl2N7O2/c1-9(14-21-8-22-25(14)15-19-4-3-5-20-15)23-16(26)24-12-6-11(18)13(27-2)7-10(12)17/h3-9H,1-2H3,(H2,23,24,26)/t9-/m0/s1. The van der Waals surface area contributed by atoms with Gasteiger partial charge in [0.15, 0.2) is 5.82 Å². The molecule has 11 heteroatoms. The van der Waals surface area contributed by atoms with Crippen LogP contribution in [0.15, 0.2) is 36.9 Å². The molecule has 2 N–H and O–H groups in total. The Morgan fingerprint density at radius 3 is 2.63 bits per heavy atom. The van der Waals surface area contributed by atoms with Crippen molar-refractivity contribution in [3.63, 3.8) is 0 Å². The van der Waals surface area contributed by atoms with Crippen LogP contribution in [-0.4, -0.2) is 37.9 Å². The van der Waals surface area contributed by atoms with Crippen molar-refractivity contribution in [3.8, 4) is 11.7 Å². The number of rotatable bonds is 5. The fraction of sp³-hybridized carbons (Fsp3) is 0.188. The van der Waals surface area contributed by atoms with Gasteiger partial charge in [-0.2, -0.15) is 9.78 Å². The van der Waals surface area contributed by atoms with E-state index in [1.807, 2.05) is 0 Å². The highest BCUT2D eigenvalue weighted by molar-refractivity contribution is 6.36. The molecule has 0 radical (unpaired) electrons. The molecule has 2 amide bonds. The minimum atomic E-state index is -0.492. The highest BCUT2D eigenvalue weighted by atomic mass is 35.5. The van der Waals surface area contributed by atoms with Crippen molar-refractivity contribution in [3.05, 3.63) is 52.8 Å². The lowest BCUT2D eigenvalue weighted by molar-refractivity contribution is 0.248. The summed E-state index contributed by atoms with van der Waals surface area (Å²) in [6.45, 7) is 1.76. The second-order valence-corrected chi connectivity index (χ2v) is 6.18. The van der Waals surface area contributed by atoms with E-state index in [9.17, 15) is 4.79 Å². The number of carbonyl (C=O) groups excluding carboxylic acids is 1. The topological polar surface area (TPSA) is 107 Å². The van der Waals surface area contributed by atoms with Crippen LogP contribution in [0.25, 0.3) is 5.95 Å². The molecule has 0 spiro atoms. The zero-order valence-corrected chi connectivity index (χ0v) is 15.9. The molecular formula is C16H15Cl2N7O2. The van der Waals surface area contributed by atoms with E-state index in [4.69, 9.17) is 27.9 Å². The predicted octanol–water partition coefficient (Wildman–Crippen LogP) is 3.26. The van der Waals surface area contributed by atoms with Crippen LogP contribution in [0, 0.1) is 0 Å². The SMILES string of the molecule is COc1cc(Cl)c(NC(=O)N[C@@H](C)c2ncnn2-c2ncccn2)cc1Cl. The third-order valence-corrected chi connectivity index (χ3v) is 4.15. The van der Waals surface area contributed by atoms with Gasteiger partial charge in [-0.1, -0.05) is 23.2 Å². The van der Waals surface area contributed by atoms with E-state index in [0.29, 0.717) is 33.3 Å². The van der Waals surface area contributed by atoms with E-state index in [1.54, 1.807) is 25.4 Å². The average Bonchev–Trinajstić information content (AvgIpc) is 3.15. The molecule has 0 aliphatic heterocycles. The number of hydrogen-bond acceptors (Lipinski definition) is 6. The van der Waals surface area contributed by atoms with Crippen molar-refractivity contribution in [1.29, 1.82) is 0 Å². The Bertz CT molecular complexity index is 949. The molecule has 27 heavy (non-hydrogen) atoms. The maximum Gasteiger partial charge on any atom is 0.319 e. The zero-order chi connectivity index (χ0) is 19.4. The Morgan fingerprint density at radius 1 is 1.19 bits per heavy atom. The molecule has 0 saturated carbocycles. The molecule has 0 saturated heterocycles. The van der Waals surface area contributed by atoms with Gasteiger partial charge >= 0.3 is 6.03 Å². The van der Waals surface area contributed by atoms with Gasteiger partial charge in [-0.15, -0.1) is 0 Å². The predicted molar refractivity (Wildman–Crippen MR) is 101 cm³/mol. The summed E-state index contributed by atoms with van der Waals surface area (Å²) in [5.41, 5.74) is 0.347. The van der Waals surface area contributed by atoms with Gasteiger partial charge in [-0.3, -0.25) is 0 Å². The fourth-order valence-electron chi connectivity index (χ4n) is 2.30. The third kappa shape index (κ3) is 4.26. The summed E-state index contributed by atoms with van der Waals surface area (Å²) in [5, 5.41) is 10.1. The Kier molecular flexibility index (Phi) is 5.72. The Labute approximate surface area is 164 Å². The molecule has 2 aromatic heterocycles. The summed E-state index contributed by atoms with van der Waals surface area (Å²) in [6.07, 6.45) is 4.55. The number of methoxy groups -OCH3 is 1. The maximum atomic E-state index is 12.3. The van der Waals surface area contributed by atoms with Gasteiger partial charge in [0.1, 0.15) is 12.1 Å². The number of ether oxygens (including phenoxy) is 1. The molecule has 0 unspecified atom stereocenters. The molecule has 9 nitrogen and oxygen atoms in total. The normalized spacial score (nSPS) is 11.7. The Hall–Kier alpha value is -2.91. The van der Waals surface area contributed by atoms with Crippen LogP contribution >= 0.6 is 23.2 Å². The fourth-order valence-corrected chi connectivity index (χ4v) is 2.74. The highest BCUT2D eigenvalue weighted by Crippen LogP contribution is 2.34. The van der Waals surface area contributed by atoms with E-state index in [1.165, 1.54) is 30.3 Å². The van der Waals surface area contributed by atoms with E-state index >= 15 is 0 Å². The molecule has 1 atom stereocenters. The van der Waals surface area contributed by atoms with Crippen LogP contribution in [-0.2, 0) is 0 Å². The first kappa shape index (κ1) is 18.9. The van der Waals surface area contributed by atoms with Gasteiger partial charge in [-0.25, -0.2) is 19.7 Å². The first-order chi connectivity index (χ1) is 13.0. The van der Waals surface area contributed by atoms with Crippen LogP contribution in [0.3, 0.4) is 0 Å². The van der Waals surface area contributed by atoms with E-state index in [0.717, 1.165) is 0 Å².